The normalized spacial score (nSPS) is 18.5. The molecule has 0 unspecified atom stereocenters. The van der Waals surface area contributed by atoms with Crippen LogP contribution in [0.4, 0.5) is 4.39 Å². The maximum Gasteiger partial charge on any atom is 0.256 e. The fourth-order valence-corrected chi connectivity index (χ4v) is 1.77. The fourth-order valence-electron chi connectivity index (χ4n) is 1.77. The Hall–Kier alpha value is -1.42. The van der Waals surface area contributed by atoms with Crippen LogP contribution in [0.2, 0.25) is 0 Å². The number of benzene rings is 1. The van der Waals surface area contributed by atoms with Crippen molar-refractivity contribution < 1.29 is 9.18 Å². The molecule has 3 nitrogen and oxygen atoms in total. The van der Waals surface area contributed by atoms with Gasteiger partial charge in [0.1, 0.15) is 5.82 Å². The highest BCUT2D eigenvalue weighted by Gasteiger charge is 2.38. The second-order valence-corrected chi connectivity index (χ2v) is 4.30. The standard InChI is InChI=1S/C11H13FN2O/c1-11(13)6-14(7-11)10(15)8-4-2-3-5-9(8)12/h2-5H,6-7,13H2,1H3. The molecule has 1 amide bonds. The van der Waals surface area contributed by atoms with Crippen LogP contribution in [0.3, 0.4) is 0 Å². The summed E-state index contributed by atoms with van der Waals surface area (Å²) in [4.78, 5) is 13.3. The third-order valence-electron chi connectivity index (χ3n) is 2.50. The quantitative estimate of drug-likeness (QED) is 0.748. The van der Waals surface area contributed by atoms with E-state index >= 15 is 0 Å². The van der Waals surface area contributed by atoms with Gasteiger partial charge in [-0.25, -0.2) is 4.39 Å². The lowest BCUT2D eigenvalue weighted by molar-refractivity contribution is 0.0449. The van der Waals surface area contributed by atoms with Crippen LogP contribution in [0.5, 0.6) is 0 Å². The Kier molecular flexibility index (Phi) is 2.23. The van der Waals surface area contributed by atoms with Crippen LogP contribution in [-0.4, -0.2) is 29.4 Å². The summed E-state index contributed by atoms with van der Waals surface area (Å²) >= 11 is 0. The van der Waals surface area contributed by atoms with Crippen molar-refractivity contribution in [3.63, 3.8) is 0 Å². The van der Waals surface area contributed by atoms with Crippen LogP contribution in [0, 0.1) is 5.82 Å². The average molecular weight is 208 g/mol. The Morgan fingerprint density at radius 1 is 1.47 bits per heavy atom. The minimum atomic E-state index is -0.479. The minimum Gasteiger partial charge on any atom is -0.335 e. The molecule has 0 aromatic heterocycles. The Morgan fingerprint density at radius 3 is 2.60 bits per heavy atom. The molecule has 0 bridgehead atoms. The Bertz CT molecular complexity index is 395. The zero-order chi connectivity index (χ0) is 11.1. The number of carbonyl (C=O) groups is 1. The molecule has 1 aromatic carbocycles. The molecule has 2 N–H and O–H groups in total. The highest BCUT2D eigenvalue weighted by Crippen LogP contribution is 2.20. The van der Waals surface area contributed by atoms with Gasteiger partial charge in [-0.2, -0.15) is 0 Å². The molecule has 1 heterocycles. The first-order valence-corrected chi connectivity index (χ1v) is 4.82. The molecule has 80 valence electrons. The van der Waals surface area contributed by atoms with Crippen molar-refractivity contribution >= 4 is 5.91 Å². The first-order chi connectivity index (χ1) is 6.99. The van der Waals surface area contributed by atoms with E-state index in [1.54, 1.807) is 17.0 Å². The van der Waals surface area contributed by atoms with Gasteiger partial charge in [-0.3, -0.25) is 4.79 Å². The van der Waals surface area contributed by atoms with E-state index in [0.717, 1.165) is 0 Å². The third kappa shape index (κ3) is 1.85. The first-order valence-electron chi connectivity index (χ1n) is 4.82. The molecule has 1 fully saturated rings. The molecule has 15 heavy (non-hydrogen) atoms. The Labute approximate surface area is 87.7 Å². The van der Waals surface area contributed by atoms with Gasteiger partial charge >= 0.3 is 0 Å². The topological polar surface area (TPSA) is 46.3 Å². The predicted octanol–water partition coefficient (Wildman–Crippen LogP) is 0.999. The number of likely N-dealkylation sites (tertiary alicyclic amines) is 1. The summed E-state index contributed by atoms with van der Waals surface area (Å²) in [5, 5.41) is 0. The van der Waals surface area contributed by atoms with Crippen molar-refractivity contribution in [1.82, 2.24) is 4.90 Å². The van der Waals surface area contributed by atoms with Crippen molar-refractivity contribution in [2.75, 3.05) is 13.1 Å². The van der Waals surface area contributed by atoms with Crippen LogP contribution >= 0.6 is 0 Å². The van der Waals surface area contributed by atoms with Crippen LogP contribution in [-0.2, 0) is 0 Å². The van der Waals surface area contributed by atoms with E-state index < -0.39 is 5.82 Å². The van der Waals surface area contributed by atoms with Gasteiger partial charge < -0.3 is 10.6 Å². The number of hydrogen-bond donors (Lipinski definition) is 1. The summed E-state index contributed by atoms with van der Waals surface area (Å²) in [5.41, 5.74) is 5.58. The van der Waals surface area contributed by atoms with Gasteiger partial charge in [0, 0.05) is 18.6 Å². The van der Waals surface area contributed by atoms with Gasteiger partial charge in [-0.1, -0.05) is 12.1 Å². The predicted molar refractivity (Wildman–Crippen MR) is 54.9 cm³/mol. The number of nitrogens with two attached hydrogens (primary N) is 1. The summed E-state index contributed by atoms with van der Waals surface area (Å²) in [6, 6.07) is 5.99. The van der Waals surface area contributed by atoms with Crippen LogP contribution in [0.1, 0.15) is 17.3 Å². The molecule has 0 aliphatic carbocycles. The van der Waals surface area contributed by atoms with Crippen molar-refractivity contribution in [2.24, 2.45) is 5.73 Å². The molecule has 2 rings (SSSR count). The SMILES string of the molecule is CC1(N)CN(C(=O)c2ccccc2F)C1. The minimum absolute atomic E-state index is 0.119. The first kappa shape index (κ1) is 10.1. The zero-order valence-corrected chi connectivity index (χ0v) is 8.53. The molecule has 4 heteroatoms. The molecule has 1 aromatic rings. The lowest BCUT2D eigenvalue weighted by atomic mass is 9.93. The zero-order valence-electron chi connectivity index (χ0n) is 8.53. The van der Waals surface area contributed by atoms with Crippen LogP contribution < -0.4 is 5.73 Å². The smallest absolute Gasteiger partial charge is 0.256 e. The van der Waals surface area contributed by atoms with Crippen LogP contribution in [0.15, 0.2) is 24.3 Å². The molecule has 1 aliphatic rings. The van der Waals surface area contributed by atoms with E-state index in [1.807, 2.05) is 6.92 Å². The highest BCUT2D eigenvalue weighted by atomic mass is 19.1. The van der Waals surface area contributed by atoms with E-state index in [2.05, 4.69) is 0 Å². The van der Waals surface area contributed by atoms with E-state index in [0.29, 0.717) is 13.1 Å². The van der Waals surface area contributed by atoms with Crippen molar-refractivity contribution in [2.45, 2.75) is 12.5 Å². The summed E-state index contributed by atoms with van der Waals surface area (Å²) in [6.07, 6.45) is 0. The number of halogens is 1. The van der Waals surface area contributed by atoms with E-state index in [4.69, 9.17) is 5.73 Å². The summed E-state index contributed by atoms with van der Waals surface area (Å²) in [5.74, 6) is -0.760. The van der Waals surface area contributed by atoms with Crippen molar-refractivity contribution in [3.8, 4) is 0 Å². The molecule has 0 atom stereocenters. The number of rotatable bonds is 1. The maximum atomic E-state index is 13.3. The third-order valence-corrected chi connectivity index (χ3v) is 2.50. The van der Waals surface area contributed by atoms with Gasteiger partial charge in [0.25, 0.3) is 5.91 Å². The summed E-state index contributed by atoms with van der Waals surface area (Å²) in [6.45, 7) is 2.85. The largest absolute Gasteiger partial charge is 0.335 e. The number of nitrogens with zero attached hydrogens (tertiary/aromatic N) is 1. The molecular weight excluding hydrogens is 195 g/mol. The second kappa shape index (κ2) is 3.31. The number of carbonyl (C=O) groups excluding carboxylic acids is 1. The van der Waals surface area contributed by atoms with E-state index in [-0.39, 0.29) is 17.0 Å². The monoisotopic (exact) mass is 208 g/mol. The fraction of sp³-hybridized carbons (Fsp3) is 0.364. The van der Waals surface area contributed by atoms with E-state index in [9.17, 15) is 9.18 Å². The molecule has 1 saturated heterocycles. The van der Waals surface area contributed by atoms with Gasteiger partial charge in [-0.05, 0) is 19.1 Å². The van der Waals surface area contributed by atoms with Gasteiger partial charge in [-0.15, -0.1) is 0 Å². The average Bonchev–Trinajstić information content (AvgIpc) is 2.14. The van der Waals surface area contributed by atoms with Crippen molar-refractivity contribution in [3.05, 3.63) is 35.6 Å². The molecule has 1 aliphatic heterocycles. The molecule has 0 spiro atoms. The highest BCUT2D eigenvalue weighted by molar-refractivity contribution is 5.95. The van der Waals surface area contributed by atoms with Gasteiger partial charge in [0.2, 0.25) is 0 Å². The van der Waals surface area contributed by atoms with Gasteiger partial charge in [0.05, 0.1) is 5.56 Å². The summed E-state index contributed by atoms with van der Waals surface area (Å²) < 4.78 is 13.3. The molecule has 0 saturated carbocycles. The molecule has 0 radical (unpaired) electrons. The lowest BCUT2D eigenvalue weighted by Crippen LogP contribution is -2.66. The Morgan fingerprint density at radius 2 is 2.07 bits per heavy atom. The van der Waals surface area contributed by atoms with E-state index in [1.165, 1.54) is 12.1 Å². The van der Waals surface area contributed by atoms with Crippen molar-refractivity contribution in [1.29, 1.82) is 0 Å². The molecular formula is C11H13FN2O. The number of amides is 1. The van der Waals surface area contributed by atoms with Crippen LogP contribution in [0.25, 0.3) is 0 Å². The van der Waals surface area contributed by atoms with Gasteiger partial charge in [0.15, 0.2) is 0 Å². The summed E-state index contributed by atoms with van der Waals surface area (Å²) in [7, 11) is 0. The number of hydrogen-bond acceptors (Lipinski definition) is 2. The lowest BCUT2D eigenvalue weighted by Gasteiger charge is -2.45. The second-order valence-electron chi connectivity index (χ2n) is 4.30. The Balaban J connectivity index is 2.14. The maximum absolute atomic E-state index is 13.3.